The zero-order valence-electron chi connectivity index (χ0n) is 14.5. The molecule has 3 N–H and O–H groups in total. The van der Waals surface area contributed by atoms with Gasteiger partial charge in [0.05, 0.1) is 11.6 Å². The summed E-state index contributed by atoms with van der Waals surface area (Å²) in [6.07, 6.45) is 7.60. The van der Waals surface area contributed by atoms with Gasteiger partial charge in [0.1, 0.15) is 0 Å². The molecule has 2 rings (SSSR count). The van der Waals surface area contributed by atoms with Gasteiger partial charge in [0, 0.05) is 24.4 Å². The van der Waals surface area contributed by atoms with Crippen LogP contribution in [-0.2, 0) is 4.79 Å². The molecule has 1 saturated heterocycles. The summed E-state index contributed by atoms with van der Waals surface area (Å²) in [6.45, 7) is 8.85. The normalized spacial score (nSPS) is 29.2. The Morgan fingerprint density at radius 3 is 2.92 bits per heavy atom. The predicted molar refractivity (Wildman–Crippen MR) is 101 cm³/mol. The van der Waals surface area contributed by atoms with Gasteiger partial charge in [0.15, 0.2) is 5.17 Å². The number of aliphatic imine (C=N–C) groups is 1. The van der Waals surface area contributed by atoms with Crippen molar-refractivity contribution in [1.29, 1.82) is 0 Å². The van der Waals surface area contributed by atoms with Crippen LogP contribution in [0.5, 0.6) is 0 Å². The molecule has 0 radical (unpaired) electrons. The maximum Gasteiger partial charge on any atom is 0.249 e. The molecule has 2 unspecified atom stereocenters. The summed E-state index contributed by atoms with van der Waals surface area (Å²) in [5, 5.41) is 10.3. The van der Waals surface area contributed by atoms with Crippen molar-refractivity contribution in [1.82, 2.24) is 4.90 Å². The Bertz CT molecular complexity index is 597. The first-order valence-corrected chi connectivity index (χ1v) is 9.31. The molecule has 0 saturated carbocycles. The third-order valence-corrected chi connectivity index (χ3v) is 5.37. The Labute approximate surface area is 148 Å². The summed E-state index contributed by atoms with van der Waals surface area (Å²) in [6, 6.07) is 0. The Morgan fingerprint density at radius 1 is 1.54 bits per heavy atom. The molecule has 6 heteroatoms. The van der Waals surface area contributed by atoms with Crippen molar-refractivity contribution in [2.24, 2.45) is 10.7 Å². The number of aliphatic hydroxyl groups is 1. The first-order valence-electron chi connectivity index (χ1n) is 8.32. The number of allylic oxidation sites excluding steroid dienone is 2. The zero-order valence-corrected chi connectivity index (χ0v) is 15.3. The number of hydrogen-bond donors (Lipinski definition) is 2. The van der Waals surface area contributed by atoms with Crippen LogP contribution in [0.1, 0.15) is 33.1 Å². The molecule has 24 heavy (non-hydrogen) atoms. The van der Waals surface area contributed by atoms with E-state index in [0.717, 1.165) is 30.6 Å². The summed E-state index contributed by atoms with van der Waals surface area (Å²) < 4.78 is 0. The Kier molecular flexibility index (Phi) is 6.29. The molecule has 2 aliphatic rings. The number of β-amino-alcohol motifs (C(OH)–C–C–N with tert-alkyl or cyclic N) is 1. The van der Waals surface area contributed by atoms with Crippen molar-refractivity contribution in [3.63, 3.8) is 0 Å². The van der Waals surface area contributed by atoms with Crippen LogP contribution in [0.2, 0.25) is 0 Å². The lowest BCUT2D eigenvalue weighted by molar-refractivity contribution is -0.130. The van der Waals surface area contributed by atoms with E-state index < -0.39 is 11.6 Å². The Balaban J connectivity index is 2.15. The molecular formula is C18H27N3O2S. The molecule has 132 valence electrons. The molecule has 1 amide bonds. The molecule has 0 aromatic rings. The topological polar surface area (TPSA) is 78.9 Å². The van der Waals surface area contributed by atoms with E-state index in [0.29, 0.717) is 23.8 Å². The van der Waals surface area contributed by atoms with E-state index in [1.54, 1.807) is 29.7 Å². The van der Waals surface area contributed by atoms with Crippen LogP contribution < -0.4 is 5.73 Å². The highest BCUT2D eigenvalue weighted by molar-refractivity contribution is 8.13. The van der Waals surface area contributed by atoms with Gasteiger partial charge < -0.3 is 15.7 Å². The number of aliphatic hydroxyl groups excluding tert-OH is 1. The maximum atomic E-state index is 12.5. The molecular weight excluding hydrogens is 322 g/mol. The summed E-state index contributed by atoms with van der Waals surface area (Å²) in [5.41, 5.74) is 7.08. The number of carbonyl (C=O) groups is 1. The van der Waals surface area contributed by atoms with Gasteiger partial charge in [0.2, 0.25) is 5.91 Å². The number of likely N-dealkylation sites (tertiary alicyclic amines) is 1. The van der Waals surface area contributed by atoms with Crippen LogP contribution in [0.4, 0.5) is 0 Å². The summed E-state index contributed by atoms with van der Waals surface area (Å²) in [7, 11) is 0. The van der Waals surface area contributed by atoms with Crippen LogP contribution in [0, 0.1) is 0 Å². The second kappa shape index (κ2) is 8.03. The zero-order chi connectivity index (χ0) is 17.7. The number of nitrogens with two attached hydrogens (primary N) is 1. The van der Waals surface area contributed by atoms with E-state index >= 15 is 0 Å². The van der Waals surface area contributed by atoms with E-state index in [1.165, 1.54) is 0 Å². The smallest absolute Gasteiger partial charge is 0.249 e. The number of amides is 1. The van der Waals surface area contributed by atoms with Crippen LogP contribution in [0.15, 0.2) is 40.9 Å². The van der Waals surface area contributed by atoms with E-state index in [1.807, 2.05) is 19.1 Å². The molecule has 5 nitrogen and oxygen atoms in total. The fourth-order valence-electron chi connectivity index (χ4n) is 3.04. The standard InChI is InChI=1S/C18H27N3O2S/c1-4-14(18(3)9-11-24-17(19)20-18)8-7-13(2)16(23)21-10-5-6-15(22)12-21/h4,7-8,15,22H,1,5-6,9-12H2,2-3H3,(H2,19,20)/b13-7+,14-8+. The van der Waals surface area contributed by atoms with Crippen LogP contribution in [0.3, 0.4) is 0 Å². The number of hydrogen-bond acceptors (Lipinski definition) is 5. The highest BCUT2D eigenvalue weighted by atomic mass is 32.2. The number of rotatable bonds is 4. The lowest BCUT2D eigenvalue weighted by Gasteiger charge is -2.31. The number of amidine groups is 1. The SMILES string of the molecule is C=C/C(=C\C=C(/C)C(=O)N1CCCC(O)C1)C1(C)CCSC(N)=N1. The van der Waals surface area contributed by atoms with Gasteiger partial charge in [-0.15, -0.1) is 0 Å². The molecule has 0 spiro atoms. The second-order valence-corrected chi connectivity index (χ2v) is 7.66. The summed E-state index contributed by atoms with van der Waals surface area (Å²) in [4.78, 5) is 18.8. The molecule has 0 aliphatic carbocycles. The number of carbonyl (C=O) groups excluding carboxylic acids is 1. The summed E-state index contributed by atoms with van der Waals surface area (Å²) in [5.74, 6) is 0.894. The first-order chi connectivity index (χ1) is 11.4. The van der Waals surface area contributed by atoms with Gasteiger partial charge in [0.25, 0.3) is 0 Å². The molecule has 2 atom stereocenters. The van der Waals surface area contributed by atoms with Crippen LogP contribution in [-0.4, -0.2) is 51.6 Å². The van der Waals surface area contributed by atoms with Crippen molar-refractivity contribution >= 4 is 22.8 Å². The van der Waals surface area contributed by atoms with E-state index in [-0.39, 0.29) is 5.91 Å². The van der Waals surface area contributed by atoms with Gasteiger partial charge in [-0.25, -0.2) is 0 Å². The van der Waals surface area contributed by atoms with Crippen LogP contribution in [0.25, 0.3) is 0 Å². The minimum Gasteiger partial charge on any atom is -0.391 e. The molecule has 0 aromatic heterocycles. The molecule has 1 fully saturated rings. The number of piperidine rings is 1. The van der Waals surface area contributed by atoms with Crippen molar-refractivity contribution in [3.8, 4) is 0 Å². The van der Waals surface area contributed by atoms with Crippen molar-refractivity contribution in [2.75, 3.05) is 18.8 Å². The van der Waals surface area contributed by atoms with Gasteiger partial charge in [-0.3, -0.25) is 9.79 Å². The van der Waals surface area contributed by atoms with Gasteiger partial charge in [-0.2, -0.15) is 0 Å². The van der Waals surface area contributed by atoms with Gasteiger partial charge in [-0.1, -0.05) is 36.6 Å². The molecule has 0 bridgehead atoms. The average molecular weight is 350 g/mol. The van der Waals surface area contributed by atoms with Crippen molar-refractivity contribution in [3.05, 3.63) is 36.0 Å². The second-order valence-electron chi connectivity index (χ2n) is 6.55. The maximum absolute atomic E-state index is 12.5. The highest BCUT2D eigenvalue weighted by Gasteiger charge is 2.30. The Hall–Kier alpha value is -1.53. The van der Waals surface area contributed by atoms with E-state index in [2.05, 4.69) is 11.6 Å². The third-order valence-electron chi connectivity index (χ3n) is 4.57. The van der Waals surface area contributed by atoms with Crippen LogP contribution >= 0.6 is 11.8 Å². The summed E-state index contributed by atoms with van der Waals surface area (Å²) >= 11 is 1.56. The molecule has 0 aromatic carbocycles. The fraction of sp³-hybridized carbons (Fsp3) is 0.556. The average Bonchev–Trinajstić information content (AvgIpc) is 2.54. The quantitative estimate of drug-likeness (QED) is 0.603. The van der Waals surface area contributed by atoms with E-state index in [4.69, 9.17) is 5.73 Å². The Morgan fingerprint density at radius 2 is 2.29 bits per heavy atom. The van der Waals surface area contributed by atoms with Crippen molar-refractivity contribution in [2.45, 2.75) is 44.8 Å². The predicted octanol–water partition coefficient (Wildman–Crippen LogP) is 2.24. The molecule has 2 heterocycles. The first kappa shape index (κ1) is 18.8. The lowest BCUT2D eigenvalue weighted by Crippen LogP contribution is -2.42. The third kappa shape index (κ3) is 4.51. The molecule has 2 aliphatic heterocycles. The van der Waals surface area contributed by atoms with Gasteiger partial charge in [-0.05, 0) is 38.7 Å². The van der Waals surface area contributed by atoms with Gasteiger partial charge >= 0.3 is 0 Å². The fourth-order valence-corrected chi connectivity index (χ4v) is 4.01. The minimum absolute atomic E-state index is 0.0271. The lowest BCUT2D eigenvalue weighted by atomic mass is 9.89. The minimum atomic E-state index is -0.411. The monoisotopic (exact) mass is 349 g/mol. The highest BCUT2D eigenvalue weighted by Crippen LogP contribution is 2.32. The number of nitrogens with zero attached hydrogens (tertiary/aromatic N) is 2. The van der Waals surface area contributed by atoms with Crippen molar-refractivity contribution < 1.29 is 9.90 Å². The van der Waals surface area contributed by atoms with E-state index in [9.17, 15) is 9.90 Å². The largest absolute Gasteiger partial charge is 0.391 e. The number of thioether (sulfide) groups is 1.